The van der Waals surface area contributed by atoms with E-state index in [0.29, 0.717) is 30.5 Å². The first-order chi connectivity index (χ1) is 16.6. The minimum absolute atomic E-state index is 0.460. The number of nitrogens with two attached hydrogens (primary N) is 1. The Hall–Kier alpha value is -3.65. The van der Waals surface area contributed by atoms with Gasteiger partial charge in [-0.2, -0.15) is 0 Å². The fourth-order valence-electron chi connectivity index (χ4n) is 3.87. The van der Waals surface area contributed by atoms with E-state index in [1.54, 1.807) is 6.07 Å². The van der Waals surface area contributed by atoms with E-state index in [9.17, 15) is 4.79 Å². The monoisotopic (exact) mass is 475 g/mol. The summed E-state index contributed by atoms with van der Waals surface area (Å²) in [6.45, 7) is 0.554. The van der Waals surface area contributed by atoms with Gasteiger partial charge in [-0.3, -0.25) is 4.79 Å². The Morgan fingerprint density at radius 1 is 1.03 bits per heavy atom. The number of amides is 1. The molecular weight excluding hydrogens is 450 g/mol. The summed E-state index contributed by atoms with van der Waals surface area (Å²) in [5, 5.41) is 6.48. The Bertz CT molecular complexity index is 1310. The molecule has 6 rings (SSSR count). The number of anilines is 3. The van der Waals surface area contributed by atoms with Gasteiger partial charge in [0.05, 0.1) is 12.2 Å². The Morgan fingerprint density at radius 3 is 2.59 bits per heavy atom. The van der Waals surface area contributed by atoms with Crippen molar-refractivity contribution in [1.29, 1.82) is 0 Å². The standard InChI is InChI=1S/C16H16N6O.C9H10ClN/c23-10-20-15-5-14(18-9-19-15)17-6-13-8-22-7-12(11-1-2-11)3-4-16(22)21-13;10-7-3-4-9(11)8(5-7)6-1-2-6/h3-5,7-11H,1-2,6H2,(H2,17,18,19,20,23);3-6H,1-2,11H2. The van der Waals surface area contributed by atoms with E-state index in [0.717, 1.165) is 28.0 Å². The van der Waals surface area contributed by atoms with Crippen molar-refractivity contribution < 1.29 is 4.79 Å². The van der Waals surface area contributed by atoms with Crippen molar-refractivity contribution in [3.63, 3.8) is 0 Å². The summed E-state index contributed by atoms with van der Waals surface area (Å²) in [6.07, 6.45) is 11.3. The number of pyridine rings is 1. The van der Waals surface area contributed by atoms with Crippen molar-refractivity contribution in [3.8, 4) is 0 Å². The summed E-state index contributed by atoms with van der Waals surface area (Å²) in [4.78, 5) is 23.1. The molecule has 2 saturated carbocycles. The van der Waals surface area contributed by atoms with Crippen LogP contribution in [0.25, 0.3) is 5.65 Å². The quantitative estimate of drug-likeness (QED) is 0.257. The van der Waals surface area contributed by atoms with Crippen molar-refractivity contribution in [2.24, 2.45) is 0 Å². The second kappa shape index (κ2) is 9.69. The molecule has 4 aromatic rings. The number of rotatable bonds is 7. The van der Waals surface area contributed by atoms with Crippen molar-refractivity contribution in [2.45, 2.75) is 44.1 Å². The predicted octanol–water partition coefficient (Wildman–Crippen LogP) is 4.98. The maximum Gasteiger partial charge on any atom is 0.212 e. The van der Waals surface area contributed by atoms with E-state index in [1.165, 1.54) is 43.1 Å². The highest BCUT2D eigenvalue weighted by Crippen LogP contribution is 2.43. The van der Waals surface area contributed by atoms with Crippen molar-refractivity contribution in [1.82, 2.24) is 19.4 Å². The van der Waals surface area contributed by atoms with Crippen LogP contribution in [0.4, 0.5) is 17.3 Å². The molecule has 2 aliphatic rings. The zero-order valence-electron chi connectivity index (χ0n) is 18.6. The zero-order valence-corrected chi connectivity index (χ0v) is 19.4. The summed E-state index contributed by atoms with van der Waals surface area (Å²) in [5.74, 6) is 2.52. The van der Waals surface area contributed by atoms with Crippen LogP contribution in [0.5, 0.6) is 0 Å². The molecule has 4 N–H and O–H groups in total. The minimum Gasteiger partial charge on any atom is -0.398 e. The third-order valence-corrected chi connectivity index (χ3v) is 6.20. The Morgan fingerprint density at radius 2 is 1.82 bits per heavy atom. The molecule has 0 aliphatic heterocycles. The SMILES string of the molecule is Nc1ccc(Cl)cc1C1CC1.O=CNc1cc(NCc2cn3cc(C4CC4)ccc3n2)ncn1. The molecule has 2 fully saturated rings. The van der Waals surface area contributed by atoms with E-state index in [1.807, 2.05) is 24.4 Å². The van der Waals surface area contributed by atoms with Crippen LogP contribution in [0.2, 0.25) is 5.02 Å². The normalized spacial score (nSPS) is 14.9. The molecular formula is C25H26ClN7O. The number of nitrogen functional groups attached to an aromatic ring is 1. The molecule has 174 valence electrons. The number of nitrogens with one attached hydrogen (secondary N) is 2. The van der Waals surface area contributed by atoms with Crippen LogP contribution in [-0.2, 0) is 11.3 Å². The van der Waals surface area contributed by atoms with E-state index in [2.05, 4.69) is 48.3 Å². The van der Waals surface area contributed by atoms with Gasteiger partial charge in [0.15, 0.2) is 0 Å². The van der Waals surface area contributed by atoms with Gasteiger partial charge in [-0.15, -0.1) is 0 Å². The largest absolute Gasteiger partial charge is 0.398 e. The molecule has 3 aromatic heterocycles. The molecule has 0 unspecified atom stereocenters. The molecule has 1 amide bonds. The van der Waals surface area contributed by atoms with Crippen molar-refractivity contribution in [3.05, 3.63) is 77.0 Å². The van der Waals surface area contributed by atoms with Crippen LogP contribution in [0.1, 0.15) is 54.3 Å². The molecule has 0 spiro atoms. The van der Waals surface area contributed by atoms with Gasteiger partial charge >= 0.3 is 0 Å². The Balaban J connectivity index is 0.000000183. The second-order valence-corrected chi connectivity index (χ2v) is 9.12. The first-order valence-electron chi connectivity index (χ1n) is 11.4. The number of carbonyl (C=O) groups is 1. The number of halogens is 1. The lowest BCUT2D eigenvalue weighted by atomic mass is 10.1. The van der Waals surface area contributed by atoms with Gasteiger partial charge in [0.2, 0.25) is 6.41 Å². The van der Waals surface area contributed by atoms with Crippen LogP contribution in [0.15, 0.2) is 55.1 Å². The highest BCUT2D eigenvalue weighted by Gasteiger charge is 2.25. The third kappa shape index (κ3) is 5.46. The summed E-state index contributed by atoms with van der Waals surface area (Å²) >= 11 is 5.83. The fraction of sp³-hybridized carbons (Fsp3) is 0.280. The van der Waals surface area contributed by atoms with E-state index in [4.69, 9.17) is 17.3 Å². The molecule has 34 heavy (non-hydrogen) atoms. The van der Waals surface area contributed by atoms with Gasteiger partial charge in [0, 0.05) is 29.2 Å². The molecule has 2 aliphatic carbocycles. The van der Waals surface area contributed by atoms with Crippen LogP contribution >= 0.6 is 11.6 Å². The molecule has 8 nitrogen and oxygen atoms in total. The average molecular weight is 476 g/mol. The third-order valence-electron chi connectivity index (χ3n) is 5.96. The molecule has 0 atom stereocenters. The molecule has 0 radical (unpaired) electrons. The predicted molar refractivity (Wildman–Crippen MR) is 134 cm³/mol. The number of hydrogen-bond donors (Lipinski definition) is 3. The van der Waals surface area contributed by atoms with Crippen LogP contribution < -0.4 is 16.4 Å². The first-order valence-corrected chi connectivity index (χ1v) is 11.8. The second-order valence-electron chi connectivity index (χ2n) is 8.69. The number of hydrogen-bond acceptors (Lipinski definition) is 6. The highest BCUT2D eigenvalue weighted by molar-refractivity contribution is 6.30. The number of carbonyl (C=O) groups excluding carboxylic acids is 1. The Kier molecular flexibility index (Phi) is 6.31. The lowest BCUT2D eigenvalue weighted by Gasteiger charge is -2.04. The zero-order chi connectivity index (χ0) is 23.5. The topological polar surface area (TPSA) is 110 Å². The van der Waals surface area contributed by atoms with Crippen LogP contribution in [0.3, 0.4) is 0 Å². The van der Waals surface area contributed by atoms with E-state index in [-0.39, 0.29) is 0 Å². The van der Waals surface area contributed by atoms with Gasteiger partial charge in [-0.25, -0.2) is 15.0 Å². The van der Waals surface area contributed by atoms with Gasteiger partial charge in [0.1, 0.15) is 23.6 Å². The van der Waals surface area contributed by atoms with Gasteiger partial charge in [0.25, 0.3) is 0 Å². The lowest BCUT2D eigenvalue weighted by molar-refractivity contribution is -0.105. The number of imidazole rings is 1. The Labute approximate surface area is 202 Å². The molecule has 0 saturated heterocycles. The van der Waals surface area contributed by atoms with Gasteiger partial charge < -0.3 is 20.8 Å². The van der Waals surface area contributed by atoms with Gasteiger partial charge in [-0.1, -0.05) is 17.7 Å². The minimum atomic E-state index is 0.460. The summed E-state index contributed by atoms with van der Waals surface area (Å²) in [7, 11) is 0. The average Bonchev–Trinajstić information content (AvgIpc) is 3.77. The van der Waals surface area contributed by atoms with E-state index >= 15 is 0 Å². The maximum absolute atomic E-state index is 10.4. The molecule has 9 heteroatoms. The van der Waals surface area contributed by atoms with Gasteiger partial charge in [-0.05, 0) is 72.9 Å². The van der Waals surface area contributed by atoms with Crippen LogP contribution in [-0.4, -0.2) is 25.8 Å². The summed E-state index contributed by atoms with van der Waals surface area (Å²) in [5.41, 5.74) is 11.1. The van der Waals surface area contributed by atoms with Crippen molar-refractivity contribution >= 4 is 41.0 Å². The smallest absolute Gasteiger partial charge is 0.212 e. The fourth-order valence-corrected chi connectivity index (χ4v) is 4.05. The number of aromatic nitrogens is 4. The number of fused-ring (bicyclic) bond motifs is 1. The first kappa shape index (κ1) is 22.2. The summed E-state index contributed by atoms with van der Waals surface area (Å²) in [6, 6.07) is 11.6. The van der Waals surface area contributed by atoms with Crippen molar-refractivity contribution in [2.75, 3.05) is 16.4 Å². The summed E-state index contributed by atoms with van der Waals surface area (Å²) < 4.78 is 2.07. The molecule has 0 bridgehead atoms. The van der Waals surface area contributed by atoms with E-state index < -0.39 is 0 Å². The van der Waals surface area contributed by atoms with Crippen LogP contribution in [0, 0.1) is 0 Å². The molecule has 1 aromatic carbocycles. The number of nitrogens with zero attached hydrogens (tertiary/aromatic N) is 4. The highest BCUT2D eigenvalue weighted by atomic mass is 35.5. The number of benzene rings is 1. The maximum atomic E-state index is 10.4. The lowest BCUT2D eigenvalue weighted by Crippen LogP contribution is -2.04. The molecule has 3 heterocycles.